The van der Waals surface area contributed by atoms with E-state index in [1.807, 2.05) is 38.1 Å². The Labute approximate surface area is 177 Å². The van der Waals surface area contributed by atoms with Gasteiger partial charge in [-0.3, -0.25) is 9.59 Å². The van der Waals surface area contributed by atoms with Crippen molar-refractivity contribution in [2.75, 3.05) is 17.7 Å². The summed E-state index contributed by atoms with van der Waals surface area (Å²) in [6, 6.07) is 7.79. The summed E-state index contributed by atoms with van der Waals surface area (Å²) >= 11 is 2.66. The van der Waals surface area contributed by atoms with Crippen LogP contribution in [0.4, 0.5) is 5.13 Å². The van der Waals surface area contributed by atoms with Gasteiger partial charge in [0.2, 0.25) is 5.91 Å². The Morgan fingerprint density at radius 1 is 1.21 bits per heavy atom. The summed E-state index contributed by atoms with van der Waals surface area (Å²) in [5, 5.41) is 6.70. The molecular weight excluding hydrogens is 408 g/mol. The van der Waals surface area contributed by atoms with Gasteiger partial charge in [-0.05, 0) is 13.0 Å². The third kappa shape index (κ3) is 5.74. The summed E-state index contributed by atoms with van der Waals surface area (Å²) in [6.45, 7) is 6.18. The normalized spacial score (nSPS) is 11.0. The summed E-state index contributed by atoms with van der Waals surface area (Å²) in [5.41, 5.74) is 1.46. The van der Waals surface area contributed by atoms with Crippen LogP contribution in [-0.4, -0.2) is 39.2 Å². The third-order valence-electron chi connectivity index (χ3n) is 3.87. The van der Waals surface area contributed by atoms with Crippen LogP contribution in [0.15, 0.2) is 34.7 Å². The molecule has 0 fully saturated rings. The van der Waals surface area contributed by atoms with Crippen molar-refractivity contribution in [3.8, 4) is 0 Å². The van der Waals surface area contributed by atoms with Gasteiger partial charge in [-0.2, -0.15) is 0 Å². The minimum atomic E-state index is -0.331. The van der Waals surface area contributed by atoms with E-state index in [2.05, 4.69) is 20.3 Å². The zero-order valence-corrected chi connectivity index (χ0v) is 18.1. The third-order valence-corrected chi connectivity index (χ3v) is 5.67. The van der Waals surface area contributed by atoms with Crippen molar-refractivity contribution < 1.29 is 14.3 Å². The number of fused-ring (bicyclic) bond motifs is 1. The number of carbonyl (C=O) groups is 2. The molecule has 1 N–H and O–H groups in total. The number of hydrogen-bond acceptors (Lipinski definition) is 8. The molecule has 0 aliphatic heterocycles. The number of rotatable bonds is 8. The fraction of sp³-hybridized carbons (Fsp3) is 0.350. The van der Waals surface area contributed by atoms with Crippen LogP contribution in [0.25, 0.3) is 10.9 Å². The second-order valence-electron chi connectivity index (χ2n) is 6.52. The molecule has 0 saturated heterocycles. The number of hydrogen-bond donors (Lipinski definition) is 1. The maximum Gasteiger partial charge on any atom is 0.311 e. The Kier molecular flexibility index (Phi) is 7.16. The molecule has 2 heterocycles. The zero-order chi connectivity index (χ0) is 20.8. The molecule has 0 bridgehead atoms. The lowest BCUT2D eigenvalue weighted by Crippen LogP contribution is -2.14. The highest BCUT2D eigenvalue weighted by Crippen LogP contribution is 2.27. The van der Waals surface area contributed by atoms with E-state index in [1.54, 1.807) is 12.3 Å². The molecule has 29 heavy (non-hydrogen) atoms. The molecular formula is C20H22N4O3S2. The van der Waals surface area contributed by atoms with Crippen LogP contribution in [0.2, 0.25) is 0 Å². The minimum absolute atomic E-state index is 0.0971. The number of para-hydroxylation sites is 1. The van der Waals surface area contributed by atoms with E-state index in [9.17, 15) is 9.59 Å². The number of esters is 1. The molecule has 9 heteroatoms. The summed E-state index contributed by atoms with van der Waals surface area (Å²) in [6.07, 6.45) is 0.0971. The highest BCUT2D eigenvalue weighted by atomic mass is 32.2. The van der Waals surface area contributed by atoms with Crippen LogP contribution in [0, 0.1) is 0 Å². The van der Waals surface area contributed by atoms with Gasteiger partial charge in [0.25, 0.3) is 0 Å². The molecule has 1 amide bonds. The van der Waals surface area contributed by atoms with Gasteiger partial charge in [0.05, 0.1) is 30.0 Å². The lowest BCUT2D eigenvalue weighted by Gasteiger charge is -2.10. The van der Waals surface area contributed by atoms with Crippen LogP contribution in [0.1, 0.15) is 38.2 Å². The largest absolute Gasteiger partial charge is 0.466 e. The van der Waals surface area contributed by atoms with Gasteiger partial charge in [0.1, 0.15) is 10.9 Å². The second-order valence-corrected chi connectivity index (χ2v) is 8.34. The van der Waals surface area contributed by atoms with Gasteiger partial charge in [-0.15, -0.1) is 11.3 Å². The van der Waals surface area contributed by atoms with E-state index in [-0.39, 0.29) is 30.0 Å². The summed E-state index contributed by atoms with van der Waals surface area (Å²) < 4.78 is 4.91. The highest BCUT2D eigenvalue weighted by molar-refractivity contribution is 8.00. The Morgan fingerprint density at radius 2 is 2.00 bits per heavy atom. The van der Waals surface area contributed by atoms with E-state index in [4.69, 9.17) is 4.74 Å². The Bertz CT molecular complexity index is 1020. The maximum atomic E-state index is 12.4. The van der Waals surface area contributed by atoms with Crippen LogP contribution >= 0.6 is 23.1 Å². The first-order chi connectivity index (χ1) is 14.0. The number of anilines is 1. The molecule has 0 spiro atoms. The number of nitrogens with zero attached hydrogens (tertiary/aromatic N) is 3. The number of aromatic nitrogens is 3. The topological polar surface area (TPSA) is 94.1 Å². The first-order valence-electron chi connectivity index (χ1n) is 9.25. The summed E-state index contributed by atoms with van der Waals surface area (Å²) in [7, 11) is 0. The number of carbonyl (C=O) groups excluding carboxylic acids is 2. The van der Waals surface area contributed by atoms with Crippen LogP contribution in [-0.2, 0) is 20.7 Å². The molecule has 0 aliphatic carbocycles. The molecule has 0 radical (unpaired) electrons. The zero-order valence-electron chi connectivity index (χ0n) is 16.5. The summed E-state index contributed by atoms with van der Waals surface area (Å²) in [4.78, 5) is 37.4. The van der Waals surface area contributed by atoms with Gasteiger partial charge in [-0.1, -0.05) is 43.8 Å². The van der Waals surface area contributed by atoms with E-state index in [0.29, 0.717) is 17.4 Å². The summed E-state index contributed by atoms with van der Waals surface area (Å²) in [5.74, 6) is 0.644. The van der Waals surface area contributed by atoms with E-state index in [0.717, 1.165) is 21.8 Å². The molecule has 7 nitrogen and oxygen atoms in total. The second kappa shape index (κ2) is 9.80. The molecule has 0 atom stereocenters. The molecule has 2 aromatic heterocycles. The Hall–Kier alpha value is -2.52. The van der Waals surface area contributed by atoms with Crippen molar-refractivity contribution in [2.24, 2.45) is 0 Å². The number of benzene rings is 1. The van der Waals surface area contributed by atoms with Crippen LogP contribution < -0.4 is 5.32 Å². The van der Waals surface area contributed by atoms with Crippen molar-refractivity contribution in [2.45, 2.75) is 38.1 Å². The van der Waals surface area contributed by atoms with Gasteiger partial charge < -0.3 is 10.1 Å². The number of amides is 1. The highest BCUT2D eigenvalue weighted by Gasteiger charge is 2.14. The van der Waals surface area contributed by atoms with Crippen LogP contribution in [0.5, 0.6) is 0 Å². The fourth-order valence-electron chi connectivity index (χ4n) is 2.53. The predicted molar refractivity (Wildman–Crippen MR) is 115 cm³/mol. The first-order valence-corrected chi connectivity index (χ1v) is 11.1. The van der Waals surface area contributed by atoms with Gasteiger partial charge in [-0.25, -0.2) is 15.0 Å². The predicted octanol–water partition coefficient (Wildman–Crippen LogP) is 4.05. The maximum absolute atomic E-state index is 12.4. The lowest BCUT2D eigenvalue weighted by molar-refractivity contribution is -0.142. The van der Waals surface area contributed by atoms with Gasteiger partial charge in [0.15, 0.2) is 5.13 Å². The molecule has 3 rings (SSSR count). The number of nitrogens with one attached hydrogen (secondary N) is 1. The van der Waals surface area contributed by atoms with Crippen molar-refractivity contribution in [1.82, 2.24) is 15.0 Å². The first kappa shape index (κ1) is 21.2. The SMILES string of the molecule is CCOC(=O)Cc1csc(NC(=O)CSc2nc(C(C)C)nc3ccccc23)n1. The fourth-order valence-corrected chi connectivity index (χ4v) is 4.08. The van der Waals surface area contributed by atoms with Crippen LogP contribution in [0.3, 0.4) is 0 Å². The van der Waals surface area contributed by atoms with Crippen molar-refractivity contribution >= 4 is 51.0 Å². The van der Waals surface area contributed by atoms with Gasteiger partial charge in [0, 0.05) is 16.7 Å². The number of thiazole rings is 1. The van der Waals surface area contributed by atoms with Gasteiger partial charge >= 0.3 is 5.97 Å². The van der Waals surface area contributed by atoms with E-state index >= 15 is 0 Å². The molecule has 0 unspecified atom stereocenters. The van der Waals surface area contributed by atoms with E-state index < -0.39 is 0 Å². The average molecular weight is 431 g/mol. The van der Waals surface area contributed by atoms with Crippen molar-refractivity contribution in [1.29, 1.82) is 0 Å². The average Bonchev–Trinajstić information content (AvgIpc) is 3.12. The molecule has 152 valence electrons. The van der Waals surface area contributed by atoms with Crippen molar-refractivity contribution in [3.63, 3.8) is 0 Å². The molecule has 0 saturated carbocycles. The Morgan fingerprint density at radius 3 is 2.76 bits per heavy atom. The molecule has 1 aromatic carbocycles. The Balaban J connectivity index is 1.64. The van der Waals surface area contributed by atoms with E-state index in [1.165, 1.54) is 23.1 Å². The molecule has 0 aliphatic rings. The lowest BCUT2D eigenvalue weighted by atomic mass is 10.2. The monoisotopic (exact) mass is 430 g/mol. The number of thioether (sulfide) groups is 1. The van der Waals surface area contributed by atoms with Crippen molar-refractivity contribution in [3.05, 3.63) is 41.2 Å². The quantitative estimate of drug-likeness (QED) is 0.327. The molecule has 3 aromatic rings. The smallest absolute Gasteiger partial charge is 0.311 e. The number of ether oxygens (including phenoxy) is 1. The minimum Gasteiger partial charge on any atom is -0.466 e. The standard InChI is InChI=1S/C20H22N4O3S2/c1-4-27-17(26)9-13-10-29-20(21-13)23-16(25)11-28-19-14-7-5-6-8-15(14)22-18(24-19)12(2)3/h5-8,10,12H,4,9,11H2,1-3H3,(H,21,23,25).